The largest absolute Gasteiger partial charge is 0.238 e. The number of nitrogens with zero attached hydrogens (tertiary/aromatic N) is 5. The fourth-order valence-electron chi connectivity index (χ4n) is 1.45. The monoisotopic (exact) mass is 353 g/mol. The highest BCUT2D eigenvalue weighted by atomic mass is 79.9. The molecule has 0 amide bonds. The van der Waals surface area contributed by atoms with Gasteiger partial charge in [0.2, 0.25) is 0 Å². The maximum Gasteiger partial charge on any atom is 0.187 e. The molecule has 6 heteroatoms. The molecule has 0 fully saturated rings. The molecule has 0 N–H and O–H groups in total. The molecule has 22 heavy (non-hydrogen) atoms. The fraction of sp³-hybridized carbons (Fsp3) is 0.125. The van der Waals surface area contributed by atoms with E-state index in [1.807, 2.05) is 24.3 Å². The molecule has 0 bridgehead atoms. The summed E-state index contributed by atoms with van der Waals surface area (Å²) < 4.78 is 0. The normalized spacial score (nSPS) is 8.50. The second kappa shape index (κ2) is 10.0. The predicted molar refractivity (Wildman–Crippen MR) is 90.9 cm³/mol. The van der Waals surface area contributed by atoms with Crippen LogP contribution in [0.15, 0.2) is 53.6 Å². The molecule has 0 aromatic heterocycles. The summed E-state index contributed by atoms with van der Waals surface area (Å²) in [7, 11) is 0. The maximum atomic E-state index is 8.04. The van der Waals surface area contributed by atoms with Gasteiger partial charge in [0.25, 0.3) is 0 Å². The summed E-state index contributed by atoms with van der Waals surface area (Å²) in [5.74, 6) is 0. The quantitative estimate of drug-likeness (QED) is 0.208. The molecule has 2 aromatic carbocycles. The number of hydrogen-bond donors (Lipinski definition) is 0. The highest BCUT2D eigenvalue weighted by Crippen LogP contribution is 2.14. The third-order valence-electron chi connectivity index (χ3n) is 2.60. The summed E-state index contributed by atoms with van der Waals surface area (Å²) in [6.07, 6.45) is 0. The van der Waals surface area contributed by atoms with E-state index in [4.69, 9.17) is 18.7 Å². The van der Waals surface area contributed by atoms with Crippen LogP contribution in [0.25, 0.3) is 20.1 Å². The molecule has 0 saturated carbocycles. The molecule has 0 unspecified atom stereocenters. The minimum Gasteiger partial charge on any atom is -0.238 e. The topological polar surface area (TPSA) is 57.5 Å². The van der Waals surface area contributed by atoms with E-state index in [1.165, 1.54) is 5.56 Å². The van der Waals surface area contributed by atoms with Crippen LogP contribution in [0.1, 0.15) is 11.1 Å². The number of halogens is 1. The number of hydrogen-bond acceptors (Lipinski definition) is 1. The van der Waals surface area contributed by atoms with Gasteiger partial charge in [-0.1, -0.05) is 69.6 Å². The average molecular weight is 354 g/mol. The van der Waals surface area contributed by atoms with Crippen molar-refractivity contribution in [3.05, 3.63) is 92.9 Å². The van der Waals surface area contributed by atoms with Crippen molar-refractivity contribution in [3.8, 4) is 0 Å². The van der Waals surface area contributed by atoms with Gasteiger partial charge in [-0.2, -0.15) is 0 Å². The number of alkyl halides is 1. The first-order chi connectivity index (χ1) is 10.7. The summed E-state index contributed by atoms with van der Waals surface area (Å²) >= 11 is 3.33. The summed E-state index contributed by atoms with van der Waals surface area (Å²) in [6.45, 7) is 13.7. The molecule has 0 aliphatic heterocycles. The van der Waals surface area contributed by atoms with Crippen LogP contribution in [0, 0.1) is 13.1 Å². The van der Waals surface area contributed by atoms with Gasteiger partial charge >= 0.3 is 0 Å². The van der Waals surface area contributed by atoms with Crippen LogP contribution in [0.2, 0.25) is 0 Å². The van der Waals surface area contributed by atoms with Crippen molar-refractivity contribution in [2.24, 2.45) is 5.11 Å². The van der Waals surface area contributed by atoms with Crippen LogP contribution >= 0.6 is 15.9 Å². The third-order valence-corrected chi connectivity index (χ3v) is 3.25. The van der Waals surface area contributed by atoms with Gasteiger partial charge in [0.05, 0.1) is 19.7 Å². The Hall–Kier alpha value is -2.79. The molecule has 0 aliphatic carbocycles. The number of rotatable bonds is 3. The Morgan fingerprint density at radius 3 is 1.68 bits per heavy atom. The van der Waals surface area contributed by atoms with Gasteiger partial charge in [-0.3, -0.25) is 0 Å². The number of azide groups is 1. The zero-order valence-corrected chi connectivity index (χ0v) is 13.2. The molecule has 2 rings (SSSR count). The Balaban J connectivity index is 0.000000224. The molecule has 0 saturated heterocycles. The van der Waals surface area contributed by atoms with Crippen LogP contribution in [-0.4, -0.2) is 0 Å². The zero-order chi connectivity index (χ0) is 16.2. The van der Waals surface area contributed by atoms with Gasteiger partial charge in [0.1, 0.15) is 0 Å². The van der Waals surface area contributed by atoms with Crippen LogP contribution < -0.4 is 0 Å². The van der Waals surface area contributed by atoms with Crippen molar-refractivity contribution in [2.45, 2.75) is 11.9 Å². The van der Waals surface area contributed by atoms with Gasteiger partial charge in [0, 0.05) is 10.2 Å². The van der Waals surface area contributed by atoms with Crippen LogP contribution in [-0.2, 0) is 11.9 Å². The van der Waals surface area contributed by atoms with Crippen LogP contribution in [0.5, 0.6) is 0 Å². The second-order valence-corrected chi connectivity index (χ2v) is 4.64. The van der Waals surface area contributed by atoms with Gasteiger partial charge < -0.3 is 0 Å². The first-order valence-electron chi connectivity index (χ1n) is 6.23. The Morgan fingerprint density at radius 1 is 0.864 bits per heavy atom. The molecule has 0 aliphatic rings. The van der Waals surface area contributed by atoms with E-state index in [1.54, 1.807) is 24.3 Å². The van der Waals surface area contributed by atoms with Crippen molar-refractivity contribution < 1.29 is 0 Å². The van der Waals surface area contributed by atoms with Crippen LogP contribution in [0.3, 0.4) is 0 Å². The molecule has 0 radical (unpaired) electrons. The van der Waals surface area contributed by atoms with Crippen molar-refractivity contribution in [3.63, 3.8) is 0 Å². The smallest absolute Gasteiger partial charge is 0.187 e. The Morgan fingerprint density at radius 2 is 1.32 bits per heavy atom. The molecule has 2 aromatic rings. The third kappa shape index (κ3) is 6.11. The summed E-state index contributed by atoms with van der Waals surface area (Å²) in [4.78, 5) is 9.16. The molecule has 108 valence electrons. The first-order valence-corrected chi connectivity index (χ1v) is 7.35. The van der Waals surface area contributed by atoms with Gasteiger partial charge in [-0.05, 0) is 16.7 Å². The molecule has 5 nitrogen and oxygen atoms in total. The van der Waals surface area contributed by atoms with E-state index in [0.29, 0.717) is 17.9 Å². The number of benzene rings is 2. The maximum absolute atomic E-state index is 8.04. The van der Waals surface area contributed by atoms with E-state index in [0.717, 1.165) is 10.9 Å². The summed E-state index contributed by atoms with van der Waals surface area (Å²) in [5.41, 5.74) is 11.5. The van der Waals surface area contributed by atoms with Crippen LogP contribution in [0.4, 0.5) is 11.4 Å². The first kappa shape index (κ1) is 17.3. The molecule has 0 atom stereocenters. The second-order valence-electron chi connectivity index (χ2n) is 4.08. The summed E-state index contributed by atoms with van der Waals surface area (Å²) in [6, 6.07) is 14.5. The predicted octanol–water partition coefficient (Wildman–Crippen LogP) is 6.18. The molecular formula is C16H12BrN5. The van der Waals surface area contributed by atoms with E-state index >= 15 is 0 Å². The average Bonchev–Trinajstić information content (AvgIpc) is 2.61. The van der Waals surface area contributed by atoms with E-state index in [2.05, 4.69) is 35.6 Å². The minimum atomic E-state index is 0.342. The lowest BCUT2D eigenvalue weighted by Crippen LogP contribution is -1.76. The van der Waals surface area contributed by atoms with E-state index in [-0.39, 0.29) is 0 Å². The zero-order valence-electron chi connectivity index (χ0n) is 11.6. The van der Waals surface area contributed by atoms with Crippen molar-refractivity contribution in [1.29, 1.82) is 0 Å². The lowest BCUT2D eigenvalue weighted by atomic mass is 10.2. The van der Waals surface area contributed by atoms with Crippen molar-refractivity contribution >= 4 is 27.3 Å². The highest BCUT2D eigenvalue weighted by molar-refractivity contribution is 9.08. The van der Waals surface area contributed by atoms with Crippen molar-refractivity contribution in [2.75, 3.05) is 0 Å². The minimum absolute atomic E-state index is 0.342. The van der Waals surface area contributed by atoms with Gasteiger partial charge in [0.15, 0.2) is 11.4 Å². The SMILES string of the molecule is [C-]#[N+]c1ccc(CBr)cc1.[C-]#[N+]c1ccc(CN=[N+]=[N-])cc1. The fourth-order valence-corrected chi connectivity index (χ4v) is 1.82. The van der Waals surface area contributed by atoms with Gasteiger partial charge in [-0.25, -0.2) is 9.69 Å². The standard InChI is InChI=1S/C8H6BrN.C8H6N4/c1-10-8-4-2-7(6-9)3-5-8;1-10-8-4-2-7(3-5-8)6-11-12-9/h2-5H,6H2;2-5H,6H2. The Labute approximate surface area is 137 Å². The molecule has 0 spiro atoms. The van der Waals surface area contributed by atoms with E-state index in [9.17, 15) is 0 Å². The Bertz CT molecular complexity index is 717. The summed E-state index contributed by atoms with van der Waals surface area (Å²) in [5, 5.41) is 4.25. The highest BCUT2D eigenvalue weighted by Gasteiger charge is 1.91. The molecular weight excluding hydrogens is 342 g/mol. The Kier molecular flexibility index (Phi) is 7.86. The van der Waals surface area contributed by atoms with Gasteiger partial charge in [-0.15, -0.1) is 0 Å². The lowest BCUT2D eigenvalue weighted by molar-refractivity contribution is 1.05. The van der Waals surface area contributed by atoms with Crippen molar-refractivity contribution in [1.82, 2.24) is 0 Å². The lowest BCUT2D eigenvalue weighted by Gasteiger charge is -1.93. The van der Waals surface area contributed by atoms with E-state index < -0.39 is 0 Å². The molecule has 0 heterocycles.